The van der Waals surface area contributed by atoms with E-state index in [9.17, 15) is 14.4 Å². The van der Waals surface area contributed by atoms with Crippen molar-refractivity contribution in [1.29, 1.82) is 0 Å². The first-order valence-electron chi connectivity index (χ1n) is 6.55. The van der Waals surface area contributed by atoms with Crippen LogP contribution in [0, 0.1) is 0 Å². The van der Waals surface area contributed by atoms with Crippen molar-refractivity contribution in [2.24, 2.45) is 0 Å². The van der Waals surface area contributed by atoms with Crippen LogP contribution in [0.5, 0.6) is 0 Å². The van der Waals surface area contributed by atoms with Crippen LogP contribution >= 0.6 is 0 Å². The van der Waals surface area contributed by atoms with Crippen molar-refractivity contribution in [3.8, 4) is 0 Å². The molecule has 0 saturated carbocycles. The number of ether oxygens (including phenoxy) is 2. The van der Waals surface area contributed by atoms with Gasteiger partial charge in [-0.3, -0.25) is 9.59 Å². The van der Waals surface area contributed by atoms with Gasteiger partial charge in [-0.15, -0.1) is 0 Å². The minimum absolute atomic E-state index is 0.0861. The van der Waals surface area contributed by atoms with Gasteiger partial charge in [0.2, 0.25) is 12.1 Å². The quantitative estimate of drug-likeness (QED) is 0.358. The number of hydrogen-bond acceptors (Lipinski definition) is 5. The van der Waals surface area contributed by atoms with E-state index in [0.29, 0.717) is 0 Å². The molecular weight excluding hydrogens is 271 g/mol. The van der Waals surface area contributed by atoms with Gasteiger partial charge >= 0.3 is 11.9 Å². The predicted octanol–water partition coefficient (Wildman–Crippen LogP) is 1.84. The fraction of sp³-hybridized carbons (Fsp3) is 0.400. The van der Waals surface area contributed by atoms with Crippen molar-refractivity contribution in [2.45, 2.75) is 39.8 Å². The van der Waals surface area contributed by atoms with E-state index < -0.39 is 24.0 Å². The Hall–Kier alpha value is -2.11. The van der Waals surface area contributed by atoms with Gasteiger partial charge in [0, 0.05) is 13.8 Å². The summed E-state index contributed by atoms with van der Waals surface area (Å²) in [6, 6.07) is 9.02. The molecule has 1 atom stereocenters. The summed E-state index contributed by atoms with van der Waals surface area (Å²) < 4.78 is 9.43. The Balaban J connectivity index is 0.00000122. The Morgan fingerprint density at radius 2 is 1.67 bits per heavy atom. The molecule has 0 spiro atoms. The van der Waals surface area contributed by atoms with Gasteiger partial charge in [-0.2, -0.15) is 0 Å². The molecule has 0 N–H and O–H groups in total. The van der Waals surface area contributed by atoms with Crippen molar-refractivity contribution < 1.29 is 23.9 Å². The Labute approximate surface area is 126 Å². The molecule has 2 radical (unpaired) electrons. The van der Waals surface area contributed by atoms with Gasteiger partial charge in [0.1, 0.15) is 0 Å². The van der Waals surface area contributed by atoms with Crippen LogP contribution in [0.15, 0.2) is 30.3 Å². The van der Waals surface area contributed by atoms with Gasteiger partial charge in [0.15, 0.2) is 0 Å². The number of ketones is 1. The lowest BCUT2D eigenvalue weighted by Crippen LogP contribution is -2.25. The van der Waals surface area contributed by atoms with Gasteiger partial charge in [-0.1, -0.05) is 43.6 Å². The Morgan fingerprint density at radius 1 is 1.14 bits per heavy atom. The third-order valence-corrected chi connectivity index (χ3v) is 2.05. The van der Waals surface area contributed by atoms with E-state index in [-0.39, 0.29) is 6.42 Å². The summed E-state index contributed by atoms with van der Waals surface area (Å²) in [6.45, 7) is 4.37. The largest absolute Gasteiger partial charge is 0.425 e. The van der Waals surface area contributed by atoms with Crippen molar-refractivity contribution in [2.75, 3.05) is 0 Å². The summed E-state index contributed by atoms with van der Waals surface area (Å²) in [4.78, 5) is 33.0. The molecule has 6 heteroatoms. The van der Waals surface area contributed by atoms with Crippen LogP contribution in [-0.4, -0.2) is 31.9 Å². The summed E-state index contributed by atoms with van der Waals surface area (Å²) in [5, 5.41) is 0. The van der Waals surface area contributed by atoms with Gasteiger partial charge in [-0.05, 0) is 5.56 Å². The fourth-order valence-corrected chi connectivity index (χ4v) is 1.25. The fourth-order valence-electron chi connectivity index (χ4n) is 1.25. The smallest absolute Gasteiger partial charge is 0.377 e. The number of carbonyl (C=O) groups excluding carboxylic acids is 3. The molecule has 0 aliphatic rings. The third kappa shape index (κ3) is 9.43. The van der Waals surface area contributed by atoms with E-state index >= 15 is 0 Å². The Kier molecular flexibility index (Phi) is 9.59. The molecule has 0 amide bonds. The van der Waals surface area contributed by atoms with E-state index in [0.717, 1.165) is 18.8 Å². The van der Waals surface area contributed by atoms with Crippen molar-refractivity contribution in [3.63, 3.8) is 0 Å². The molecule has 112 valence electrons. The molecule has 0 aromatic heterocycles. The SMILES string of the molecule is CC(=O)C(=O)OC(C)OC(=O)Cc1ccccc1.[B]CC. The summed E-state index contributed by atoms with van der Waals surface area (Å²) in [7, 11) is 4.85. The summed E-state index contributed by atoms with van der Waals surface area (Å²) in [5.74, 6) is -2.28. The molecule has 1 aromatic rings. The van der Waals surface area contributed by atoms with Crippen molar-refractivity contribution in [1.82, 2.24) is 0 Å². The third-order valence-electron chi connectivity index (χ3n) is 2.05. The van der Waals surface area contributed by atoms with E-state index in [4.69, 9.17) is 12.6 Å². The highest BCUT2D eigenvalue weighted by Crippen LogP contribution is 2.03. The van der Waals surface area contributed by atoms with Crippen LogP contribution in [0.2, 0.25) is 6.32 Å². The summed E-state index contributed by atoms with van der Waals surface area (Å²) in [5.41, 5.74) is 0.799. The number of esters is 2. The lowest BCUT2D eigenvalue weighted by Gasteiger charge is -2.12. The molecule has 0 bridgehead atoms. The number of Topliss-reactive ketones (excluding diaryl/α,β-unsaturated/α-hetero) is 1. The lowest BCUT2D eigenvalue weighted by molar-refractivity contribution is -0.185. The number of rotatable bonds is 5. The van der Waals surface area contributed by atoms with Crippen LogP contribution < -0.4 is 0 Å². The maximum Gasteiger partial charge on any atom is 0.377 e. The molecule has 5 nitrogen and oxygen atoms in total. The molecule has 0 saturated heterocycles. The summed E-state index contributed by atoms with van der Waals surface area (Å²) in [6.07, 6.45) is -0.236. The van der Waals surface area contributed by atoms with Gasteiger partial charge < -0.3 is 9.47 Å². The van der Waals surface area contributed by atoms with Crippen LogP contribution in [0.1, 0.15) is 26.3 Å². The molecular formula is C15H19BO5. The topological polar surface area (TPSA) is 69.7 Å². The van der Waals surface area contributed by atoms with Gasteiger partial charge in [-0.25, -0.2) is 4.79 Å². The Bertz CT molecular complexity index is 458. The minimum Gasteiger partial charge on any atom is -0.425 e. The average Bonchev–Trinajstić information content (AvgIpc) is 2.40. The van der Waals surface area contributed by atoms with Crippen LogP contribution in [0.4, 0.5) is 0 Å². The van der Waals surface area contributed by atoms with Crippen LogP contribution in [0.3, 0.4) is 0 Å². The molecule has 0 aliphatic heterocycles. The maximum atomic E-state index is 11.5. The van der Waals surface area contributed by atoms with E-state index in [1.165, 1.54) is 6.92 Å². The molecule has 0 heterocycles. The lowest BCUT2D eigenvalue weighted by atomic mass is 10.1. The number of carbonyl (C=O) groups is 3. The van der Waals surface area contributed by atoms with Crippen LogP contribution in [-0.2, 0) is 30.3 Å². The predicted molar refractivity (Wildman–Crippen MR) is 78.7 cm³/mol. The molecule has 1 rings (SSSR count). The van der Waals surface area contributed by atoms with E-state index in [2.05, 4.69) is 4.74 Å². The second kappa shape index (κ2) is 10.7. The van der Waals surface area contributed by atoms with Crippen molar-refractivity contribution in [3.05, 3.63) is 35.9 Å². The van der Waals surface area contributed by atoms with Gasteiger partial charge in [0.05, 0.1) is 14.3 Å². The maximum absolute atomic E-state index is 11.5. The minimum atomic E-state index is -1.07. The highest BCUT2D eigenvalue weighted by Gasteiger charge is 2.17. The monoisotopic (exact) mass is 290 g/mol. The number of hydrogen-bond donors (Lipinski definition) is 0. The molecule has 21 heavy (non-hydrogen) atoms. The second-order valence-corrected chi connectivity index (χ2v) is 4.09. The average molecular weight is 290 g/mol. The van der Waals surface area contributed by atoms with Gasteiger partial charge in [0.25, 0.3) is 0 Å². The van der Waals surface area contributed by atoms with Crippen molar-refractivity contribution >= 4 is 25.6 Å². The molecule has 1 unspecified atom stereocenters. The first-order chi connectivity index (χ1) is 9.90. The first kappa shape index (κ1) is 18.9. The zero-order valence-corrected chi connectivity index (χ0v) is 12.5. The normalized spacial score (nSPS) is 10.6. The molecule has 0 aliphatic carbocycles. The summed E-state index contributed by atoms with van der Waals surface area (Å²) >= 11 is 0. The van der Waals surface area contributed by atoms with E-state index in [1.54, 1.807) is 12.1 Å². The zero-order chi connectivity index (χ0) is 16.3. The zero-order valence-electron chi connectivity index (χ0n) is 12.5. The highest BCUT2D eigenvalue weighted by atomic mass is 16.7. The standard InChI is InChI=1S/C13H14O5.C2H5B/c1-9(14)13(16)18-10(2)17-12(15)8-11-6-4-3-5-7-11;1-2-3/h3-7,10H,8H2,1-2H3;2H2,1H3. The van der Waals surface area contributed by atoms with Crippen LogP contribution in [0.25, 0.3) is 0 Å². The highest BCUT2D eigenvalue weighted by molar-refractivity contribution is 6.32. The molecule has 0 fully saturated rings. The molecule has 1 aromatic carbocycles. The first-order valence-corrected chi connectivity index (χ1v) is 6.55. The Morgan fingerprint density at radius 3 is 2.14 bits per heavy atom. The second-order valence-electron chi connectivity index (χ2n) is 4.09. The van der Waals surface area contributed by atoms with E-state index in [1.807, 2.05) is 25.1 Å². The number of benzene rings is 1.